The third-order valence-corrected chi connectivity index (χ3v) is 5.78. The number of thiazole rings is 1. The van der Waals surface area contributed by atoms with E-state index in [0.29, 0.717) is 6.61 Å². The highest BCUT2D eigenvalue weighted by Gasteiger charge is 2.07. The van der Waals surface area contributed by atoms with Gasteiger partial charge in [-0.05, 0) is 43.3 Å². The minimum atomic E-state index is 0.663. The molecule has 0 aliphatic carbocycles. The number of rotatable bonds is 6. The molecule has 25 heavy (non-hydrogen) atoms. The fraction of sp³-hybridized carbons (Fsp3) is 0.167. The molecule has 2 heterocycles. The first-order valence-electron chi connectivity index (χ1n) is 7.94. The average Bonchev–Trinajstić information content (AvgIpc) is 3.27. The topological polar surface area (TPSA) is 52.8 Å². The molecule has 126 valence electrons. The number of hydrogen-bond donors (Lipinski definition) is 0. The van der Waals surface area contributed by atoms with Crippen LogP contribution in [0.15, 0.2) is 59.1 Å². The Labute approximate surface area is 153 Å². The van der Waals surface area contributed by atoms with E-state index in [1.807, 2.05) is 55.6 Å². The van der Waals surface area contributed by atoms with Gasteiger partial charge in [0.05, 0.1) is 34.4 Å². The summed E-state index contributed by atoms with van der Waals surface area (Å²) in [6, 6.07) is 16.0. The molecule has 0 N–H and O–H groups in total. The molecule has 0 aliphatic heterocycles. The molecule has 7 heteroatoms. The van der Waals surface area contributed by atoms with Crippen LogP contribution in [0.25, 0.3) is 15.9 Å². The van der Waals surface area contributed by atoms with E-state index in [1.165, 1.54) is 4.70 Å². The third-order valence-electron chi connectivity index (χ3n) is 3.57. The third kappa shape index (κ3) is 3.67. The molecule has 5 nitrogen and oxygen atoms in total. The standard InChI is InChI=1S/C18H16N4OS2/c1-2-23-15-9-7-14(8-10-15)22-11-13(20-21-22)12-24-18-19-16-5-3-4-6-17(16)25-18/h3-11H,2,12H2,1H3. The highest BCUT2D eigenvalue weighted by Crippen LogP contribution is 2.31. The summed E-state index contributed by atoms with van der Waals surface area (Å²) >= 11 is 3.40. The lowest BCUT2D eigenvalue weighted by Crippen LogP contribution is -1.96. The van der Waals surface area contributed by atoms with Crippen molar-refractivity contribution in [3.05, 3.63) is 60.4 Å². The van der Waals surface area contributed by atoms with Crippen LogP contribution in [-0.2, 0) is 5.75 Å². The number of aromatic nitrogens is 4. The lowest BCUT2D eigenvalue weighted by atomic mass is 10.3. The molecule has 0 spiro atoms. The molecule has 0 fully saturated rings. The molecule has 0 amide bonds. The van der Waals surface area contributed by atoms with Gasteiger partial charge in [0.15, 0.2) is 4.34 Å². The fourth-order valence-electron chi connectivity index (χ4n) is 2.40. The van der Waals surface area contributed by atoms with Crippen LogP contribution in [0.1, 0.15) is 12.6 Å². The molecule has 0 unspecified atom stereocenters. The lowest BCUT2D eigenvalue weighted by molar-refractivity contribution is 0.340. The fourth-order valence-corrected chi connectivity index (χ4v) is 4.35. The van der Waals surface area contributed by atoms with Crippen molar-refractivity contribution in [1.29, 1.82) is 0 Å². The molecular weight excluding hydrogens is 352 g/mol. The van der Waals surface area contributed by atoms with Crippen LogP contribution >= 0.6 is 23.1 Å². The summed E-state index contributed by atoms with van der Waals surface area (Å²) in [5.74, 6) is 1.61. The van der Waals surface area contributed by atoms with Crippen molar-refractivity contribution in [3.8, 4) is 11.4 Å². The van der Waals surface area contributed by atoms with E-state index in [0.717, 1.165) is 32.7 Å². The molecule has 0 saturated heterocycles. The van der Waals surface area contributed by atoms with Gasteiger partial charge < -0.3 is 4.74 Å². The van der Waals surface area contributed by atoms with Gasteiger partial charge in [0, 0.05) is 5.75 Å². The van der Waals surface area contributed by atoms with Gasteiger partial charge in [-0.2, -0.15) is 0 Å². The van der Waals surface area contributed by atoms with E-state index >= 15 is 0 Å². The maximum atomic E-state index is 5.46. The van der Waals surface area contributed by atoms with Crippen LogP contribution in [0.4, 0.5) is 0 Å². The van der Waals surface area contributed by atoms with E-state index in [9.17, 15) is 0 Å². The predicted octanol–water partition coefficient (Wildman–Crippen LogP) is 4.57. The molecule has 0 radical (unpaired) electrons. The van der Waals surface area contributed by atoms with Crippen LogP contribution in [0.3, 0.4) is 0 Å². The van der Waals surface area contributed by atoms with Gasteiger partial charge >= 0.3 is 0 Å². The first-order chi connectivity index (χ1) is 12.3. The van der Waals surface area contributed by atoms with Gasteiger partial charge in [0.25, 0.3) is 0 Å². The summed E-state index contributed by atoms with van der Waals surface area (Å²) in [7, 11) is 0. The zero-order valence-electron chi connectivity index (χ0n) is 13.6. The molecule has 4 rings (SSSR count). The quantitative estimate of drug-likeness (QED) is 0.467. The Balaban J connectivity index is 1.44. The van der Waals surface area contributed by atoms with Crippen molar-refractivity contribution in [1.82, 2.24) is 20.0 Å². The van der Waals surface area contributed by atoms with Crippen LogP contribution in [0.2, 0.25) is 0 Å². The summed E-state index contributed by atoms with van der Waals surface area (Å²) in [5.41, 5.74) is 2.94. The van der Waals surface area contributed by atoms with Crippen molar-refractivity contribution in [2.24, 2.45) is 0 Å². The molecule has 0 saturated carbocycles. The maximum Gasteiger partial charge on any atom is 0.151 e. The lowest BCUT2D eigenvalue weighted by Gasteiger charge is -2.04. The minimum Gasteiger partial charge on any atom is -0.494 e. The normalized spacial score (nSPS) is 11.1. The number of benzene rings is 2. The van der Waals surface area contributed by atoms with Gasteiger partial charge in [-0.1, -0.05) is 29.1 Å². The highest BCUT2D eigenvalue weighted by molar-refractivity contribution is 8.00. The number of thioether (sulfide) groups is 1. The first-order valence-corrected chi connectivity index (χ1v) is 9.75. The molecule has 0 bridgehead atoms. The summed E-state index contributed by atoms with van der Waals surface area (Å²) in [5, 5.41) is 8.47. The number of ether oxygens (including phenoxy) is 1. The van der Waals surface area contributed by atoms with Gasteiger partial charge in [0.2, 0.25) is 0 Å². The number of hydrogen-bond acceptors (Lipinski definition) is 6. The van der Waals surface area contributed by atoms with Crippen LogP contribution < -0.4 is 4.74 Å². The maximum absolute atomic E-state index is 5.46. The Bertz CT molecular complexity index is 945. The summed E-state index contributed by atoms with van der Waals surface area (Å²) < 4.78 is 9.51. The number of fused-ring (bicyclic) bond motifs is 1. The Kier molecular flexibility index (Phi) is 4.67. The Morgan fingerprint density at radius 1 is 1.12 bits per heavy atom. The Hall–Kier alpha value is -2.38. The second-order valence-corrected chi connectivity index (χ2v) is 7.57. The predicted molar refractivity (Wildman–Crippen MR) is 102 cm³/mol. The smallest absolute Gasteiger partial charge is 0.151 e. The average molecular weight is 368 g/mol. The van der Waals surface area contributed by atoms with Crippen LogP contribution in [-0.4, -0.2) is 26.6 Å². The van der Waals surface area contributed by atoms with Gasteiger partial charge in [-0.25, -0.2) is 9.67 Å². The van der Waals surface area contributed by atoms with Gasteiger partial charge in [0.1, 0.15) is 5.75 Å². The highest BCUT2D eigenvalue weighted by atomic mass is 32.2. The van der Waals surface area contributed by atoms with E-state index in [2.05, 4.69) is 21.4 Å². The largest absolute Gasteiger partial charge is 0.494 e. The number of para-hydroxylation sites is 1. The second-order valence-electron chi connectivity index (χ2n) is 5.32. The summed E-state index contributed by atoms with van der Waals surface area (Å²) in [6.45, 7) is 2.64. The van der Waals surface area contributed by atoms with E-state index in [-0.39, 0.29) is 0 Å². The monoisotopic (exact) mass is 368 g/mol. The molecule has 2 aromatic heterocycles. The van der Waals surface area contributed by atoms with Crippen LogP contribution in [0, 0.1) is 0 Å². The van der Waals surface area contributed by atoms with Crippen LogP contribution in [0.5, 0.6) is 5.75 Å². The molecule has 2 aromatic carbocycles. The van der Waals surface area contributed by atoms with E-state index in [1.54, 1.807) is 27.8 Å². The molecule has 0 atom stereocenters. The SMILES string of the molecule is CCOc1ccc(-n2cc(CSc3nc4ccccc4s3)nn2)cc1. The van der Waals surface area contributed by atoms with Crippen molar-refractivity contribution in [2.75, 3.05) is 6.61 Å². The zero-order chi connectivity index (χ0) is 17.1. The zero-order valence-corrected chi connectivity index (χ0v) is 15.3. The van der Waals surface area contributed by atoms with Gasteiger partial charge in [-0.3, -0.25) is 0 Å². The second kappa shape index (κ2) is 7.25. The Morgan fingerprint density at radius 3 is 2.76 bits per heavy atom. The summed E-state index contributed by atoms with van der Waals surface area (Å²) in [4.78, 5) is 4.63. The van der Waals surface area contributed by atoms with Crippen molar-refractivity contribution in [2.45, 2.75) is 17.0 Å². The van der Waals surface area contributed by atoms with Gasteiger partial charge in [-0.15, -0.1) is 16.4 Å². The summed E-state index contributed by atoms with van der Waals surface area (Å²) in [6.07, 6.45) is 1.95. The molecular formula is C18H16N4OS2. The molecule has 4 aromatic rings. The number of nitrogens with zero attached hydrogens (tertiary/aromatic N) is 4. The minimum absolute atomic E-state index is 0.663. The van der Waals surface area contributed by atoms with Crippen molar-refractivity contribution >= 4 is 33.3 Å². The van der Waals surface area contributed by atoms with E-state index < -0.39 is 0 Å². The van der Waals surface area contributed by atoms with E-state index in [4.69, 9.17) is 4.74 Å². The molecule has 0 aliphatic rings. The Morgan fingerprint density at radius 2 is 1.96 bits per heavy atom. The van der Waals surface area contributed by atoms with Crippen molar-refractivity contribution in [3.63, 3.8) is 0 Å². The first kappa shape index (κ1) is 16.1. The van der Waals surface area contributed by atoms with Crippen molar-refractivity contribution < 1.29 is 4.74 Å².